The summed E-state index contributed by atoms with van der Waals surface area (Å²) in [5, 5.41) is 19.1. The van der Waals surface area contributed by atoms with Gasteiger partial charge < -0.3 is 25.4 Å². The second-order valence-corrected chi connectivity index (χ2v) is 5.82. The lowest BCUT2D eigenvalue weighted by molar-refractivity contribution is -0.170. The van der Waals surface area contributed by atoms with Crippen molar-refractivity contribution < 1.29 is 19.7 Å². The summed E-state index contributed by atoms with van der Waals surface area (Å²) in [7, 11) is 0. The van der Waals surface area contributed by atoms with Crippen molar-refractivity contribution in [3.63, 3.8) is 0 Å². The zero-order chi connectivity index (χ0) is 14.8. The Morgan fingerprint density at radius 1 is 1.25 bits per heavy atom. The van der Waals surface area contributed by atoms with Gasteiger partial charge in [0.05, 0.1) is 12.7 Å². The molecule has 0 unspecified atom stereocenters. The van der Waals surface area contributed by atoms with Gasteiger partial charge in [-0.1, -0.05) is 25.7 Å². The maximum atomic E-state index is 9.87. The average molecular weight is 289 g/mol. The minimum Gasteiger partial charge on any atom is -0.394 e. The molecule has 1 aliphatic rings. The van der Waals surface area contributed by atoms with Crippen LogP contribution in [-0.4, -0.2) is 54.4 Å². The van der Waals surface area contributed by atoms with Gasteiger partial charge in [-0.2, -0.15) is 0 Å². The molecule has 4 N–H and O–H groups in total. The number of ether oxygens (including phenoxy) is 2. The summed E-state index contributed by atoms with van der Waals surface area (Å²) in [6.45, 7) is 3.06. The molecular weight excluding hydrogens is 258 g/mol. The van der Waals surface area contributed by atoms with Gasteiger partial charge in [-0.3, -0.25) is 0 Å². The second-order valence-electron chi connectivity index (χ2n) is 5.82. The molecular formula is C15H31NO4. The van der Waals surface area contributed by atoms with E-state index < -0.39 is 6.10 Å². The summed E-state index contributed by atoms with van der Waals surface area (Å²) in [4.78, 5) is 0. The van der Waals surface area contributed by atoms with Crippen LogP contribution in [0.2, 0.25) is 0 Å². The Labute approximate surface area is 122 Å². The van der Waals surface area contributed by atoms with E-state index in [4.69, 9.17) is 15.2 Å². The van der Waals surface area contributed by atoms with Crippen molar-refractivity contribution in [2.75, 3.05) is 19.8 Å². The normalized spacial score (nSPS) is 28.5. The van der Waals surface area contributed by atoms with Crippen LogP contribution in [0.3, 0.4) is 0 Å². The van der Waals surface area contributed by atoms with E-state index in [1.165, 1.54) is 19.3 Å². The molecule has 20 heavy (non-hydrogen) atoms. The van der Waals surface area contributed by atoms with E-state index in [9.17, 15) is 10.2 Å². The van der Waals surface area contributed by atoms with Crippen LogP contribution >= 0.6 is 0 Å². The van der Waals surface area contributed by atoms with Gasteiger partial charge in [0.1, 0.15) is 12.2 Å². The molecule has 1 rings (SSSR count). The highest BCUT2D eigenvalue weighted by Crippen LogP contribution is 2.18. The minimum absolute atomic E-state index is 0.0982. The van der Waals surface area contributed by atoms with E-state index in [1.807, 2.05) is 6.92 Å². The van der Waals surface area contributed by atoms with Crippen LogP contribution in [0.5, 0.6) is 0 Å². The van der Waals surface area contributed by atoms with Gasteiger partial charge in [-0.25, -0.2) is 0 Å². The number of nitrogens with two attached hydrogens (primary N) is 1. The van der Waals surface area contributed by atoms with Crippen LogP contribution in [0.25, 0.3) is 0 Å². The number of hydrogen-bond acceptors (Lipinski definition) is 5. The maximum Gasteiger partial charge on any atom is 0.112 e. The lowest BCUT2D eigenvalue weighted by Crippen LogP contribution is -2.48. The molecule has 0 aromatic heterocycles. The Hall–Kier alpha value is -0.200. The molecule has 0 spiro atoms. The largest absolute Gasteiger partial charge is 0.394 e. The van der Waals surface area contributed by atoms with E-state index in [0.717, 1.165) is 19.3 Å². The molecule has 0 radical (unpaired) electrons. The quantitative estimate of drug-likeness (QED) is 0.526. The monoisotopic (exact) mass is 289 g/mol. The highest BCUT2D eigenvalue weighted by Gasteiger charge is 2.33. The van der Waals surface area contributed by atoms with Crippen molar-refractivity contribution >= 4 is 0 Å². The van der Waals surface area contributed by atoms with Gasteiger partial charge in [0.25, 0.3) is 0 Å². The van der Waals surface area contributed by atoms with Gasteiger partial charge in [0, 0.05) is 19.3 Å². The fourth-order valence-electron chi connectivity index (χ4n) is 2.54. The Kier molecular flexibility index (Phi) is 9.39. The van der Waals surface area contributed by atoms with Crippen molar-refractivity contribution in [3.05, 3.63) is 0 Å². The summed E-state index contributed by atoms with van der Waals surface area (Å²) in [6, 6.07) is 0.307. The van der Waals surface area contributed by atoms with E-state index in [1.54, 1.807) is 0 Å². The van der Waals surface area contributed by atoms with E-state index in [-0.39, 0.29) is 18.8 Å². The van der Waals surface area contributed by atoms with Gasteiger partial charge >= 0.3 is 0 Å². The van der Waals surface area contributed by atoms with Crippen LogP contribution in [0.4, 0.5) is 0 Å². The van der Waals surface area contributed by atoms with Gasteiger partial charge in [-0.05, 0) is 26.2 Å². The SMILES string of the molecule is C[C@H](N)CCCCCCCO[C@H]1[C@H](O)CCO[C@@H]1CO. The van der Waals surface area contributed by atoms with Crippen LogP contribution in [0.1, 0.15) is 51.9 Å². The first kappa shape index (κ1) is 17.9. The lowest BCUT2D eigenvalue weighted by atomic mass is 10.0. The number of unbranched alkanes of at least 4 members (excludes halogenated alkanes) is 4. The Morgan fingerprint density at radius 2 is 1.95 bits per heavy atom. The van der Waals surface area contributed by atoms with E-state index >= 15 is 0 Å². The van der Waals surface area contributed by atoms with Crippen LogP contribution < -0.4 is 5.73 Å². The third kappa shape index (κ3) is 6.99. The number of rotatable bonds is 10. The van der Waals surface area contributed by atoms with Crippen LogP contribution in [0, 0.1) is 0 Å². The van der Waals surface area contributed by atoms with Gasteiger partial charge in [0.15, 0.2) is 0 Å². The molecule has 1 heterocycles. The molecule has 0 amide bonds. The summed E-state index contributed by atoms with van der Waals surface area (Å²) < 4.78 is 11.1. The molecule has 0 bridgehead atoms. The molecule has 4 atom stereocenters. The number of hydrogen-bond donors (Lipinski definition) is 3. The molecule has 0 saturated carbocycles. The summed E-state index contributed by atoms with van der Waals surface area (Å²) in [5.41, 5.74) is 5.70. The van der Waals surface area contributed by atoms with Crippen molar-refractivity contribution in [2.45, 2.75) is 76.2 Å². The Bertz CT molecular complexity index is 238. The predicted octanol–water partition coefficient (Wildman–Crippen LogP) is 1.20. The first-order valence-corrected chi connectivity index (χ1v) is 7.93. The van der Waals surface area contributed by atoms with Crippen molar-refractivity contribution in [1.82, 2.24) is 0 Å². The highest BCUT2D eigenvalue weighted by molar-refractivity contribution is 4.82. The molecule has 1 fully saturated rings. The molecule has 0 aromatic carbocycles. The highest BCUT2D eigenvalue weighted by atomic mass is 16.6. The molecule has 120 valence electrons. The fraction of sp³-hybridized carbons (Fsp3) is 1.00. The predicted molar refractivity (Wildman–Crippen MR) is 78.5 cm³/mol. The lowest BCUT2D eigenvalue weighted by Gasteiger charge is -2.34. The topological polar surface area (TPSA) is 84.9 Å². The molecule has 5 heteroatoms. The molecule has 0 aromatic rings. The molecule has 0 aliphatic carbocycles. The fourth-order valence-corrected chi connectivity index (χ4v) is 2.54. The summed E-state index contributed by atoms with van der Waals surface area (Å²) in [5.74, 6) is 0. The third-order valence-corrected chi connectivity index (χ3v) is 3.79. The molecule has 1 aliphatic heterocycles. The zero-order valence-corrected chi connectivity index (χ0v) is 12.7. The summed E-state index contributed by atoms with van der Waals surface area (Å²) in [6.07, 6.45) is 6.12. The van der Waals surface area contributed by atoms with Crippen molar-refractivity contribution in [2.24, 2.45) is 5.73 Å². The van der Waals surface area contributed by atoms with Gasteiger partial charge in [-0.15, -0.1) is 0 Å². The smallest absolute Gasteiger partial charge is 0.112 e. The first-order chi connectivity index (χ1) is 9.65. The van der Waals surface area contributed by atoms with Gasteiger partial charge in [0.2, 0.25) is 0 Å². The van der Waals surface area contributed by atoms with E-state index in [2.05, 4.69) is 0 Å². The zero-order valence-electron chi connectivity index (χ0n) is 12.7. The number of aliphatic hydroxyl groups excluding tert-OH is 2. The van der Waals surface area contributed by atoms with Crippen LogP contribution in [-0.2, 0) is 9.47 Å². The van der Waals surface area contributed by atoms with Crippen molar-refractivity contribution in [1.29, 1.82) is 0 Å². The van der Waals surface area contributed by atoms with Crippen molar-refractivity contribution in [3.8, 4) is 0 Å². The Morgan fingerprint density at radius 3 is 2.65 bits per heavy atom. The number of aliphatic hydroxyl groups is 2. The van der Waals surface area contributed by atoms with Crippen LogP contribution in [0.15, 0.2) is 0 Å². The first-order valence-electron chi connectivity index (χ1n) is 7.93. The standard InChI is InChI=1S/C15H31NO4/c1-12(16)7-5-3-2-4-6-9-20-15-13(18)8-10-19-14(15)11-17/h12-15,17-18H,2-11,16H2,1H3/t12-,13+,14+,15-/m0/s1. The molecule has 1 saturated heterocycles. The maximum absolute atomic E-state index is 9.87. The average Bonchev–Trinajstić information content (AvgIpc) is 2.42. The minimum atomic E-state index is -0.521. The third-order valence-electron chi connectivity index (χ3n) is 3.79. The van der Waals surface area contributed by atoms with E-state index in [0.29, 0.717) is 25.7 Å². The molecule has 5 nitrogen and oxygen atoms in total. The summed E-state index contributed by atoms with van der Waals surface area (Å²) >= 11 is 0. The second kappa shape index (κ2) is 10.5. The Balaban J connectivity index is 2.02.